The first-order valence-corrected chi connectivity index (χ1v) is 13.2. The molecule has 0 aromatic carbocycles. The van der Waals surface area contributed by atoms with Crippen molar-refractivity contribution >= 4 is 29.7 Å². The zero-order valence-corrected chi connectivity index (χ0v) is 22.1. The first-order chi connectivity index (χ1) is 16.8. The van der Waals surface area contributed by atoms with Gasteiger partial charge in [-0.1, -0.05) is 33.1 Å². The van der Waals surface area contributed by atoms with Gasteiger partial charge in [0, 0.05) is 6.54 Å². The summed E-state index contributed by atoms with van der Waals surface area (Å²) in [6.07, 6.45) is 5.05. The number of hydrogen-bond acceptors (Lipinski definition) is 6. The molecule has 36 heavy (non-hydrogen) atoms. The molecule has 1 aliphatic heterocycles. The highest BCUT2D eigenvalue weighted by molar-refractivity contribution is 6.37. The Hall–Kier alpha value is -2.65. The molecule has 0 unspecified atom stereocenters. The summed E-state index contributed by atoms with van der Waals surface area (Å²) in [5.74, 6) is -3.58. The van der Waals surface area contributed by atoms with E-state index in [1.54, 1.807) is 20.8 Å². The van der Waals surface area contributed by atoms with E-state index in [1.165, 1.54) is 4.90 Å². The second-order valence-corrected chi connectivity index (χ2v) is 11.9. The third kappa shape index (κ3) is 6.37. The standard InChI is InChI=1S/C26H41N3O7/c1-15(2)17-11-14-29(19(17)21(31)28-26(12-13-26)20(30)23(33)34)22(32)18(16-9-7-6-8-10-16)27-24(35)36-25(3,4)5/h15-19H,6-14H2,1-5H3,(H,27,35)(H,28,31)(H,33,34)/t17-,18+,19+/m1/s1. The zero-order valence-electron chi connectivity index (χ0n) is 22.1. The summed E-state index contributed by atoms with van der Waals surface area (Å²) in [5.41, 5.74) is -2.11. The number of likely N-dealkylation sites (tertiary alicyclic amines) is 1. The number of carbonyl (C=O) groups excluding carboxylic acids is 4. The number of alkyl carbamates (subject to hydrolysis) is 1. The number of rotatable bonds is 8. The summed E-state index contributed by atoms with van der Waals surface area (Å²) in [6.45, 7) is 9.56. The van der Waals surface area contributed by atoms with Gasteiger partial charge in [-0.05, 0) is 70.6 Å². The van der Waals surface area contributed by atoms with Crippen LogP contribution in [0.4, 0.5) is 4.79 Å². The van der Waals surface area contributed by atoms with Crippen molar-refractivity contribution in [3.63, 3.8) is 0 Å². The number of carboxylic acid groups (broad SMARTS) is 1. The molecule has 0 aromatic rings. The van der Waals surface area contributed by atoms with Crippen LogP contribution in [0, 0.1) is 17.8 Å². The topological polar surface area (TPSA) is 142 Å². The Morgan fingerprint density at radius 1 is 1.00 bits per heavy atom. The Bertz CT molecular complexity index is 884. The summed E-state index contributed by atoms with van der Waals surface area (Å²) in [4.78, 5) is 65.2. The number of nitrogens with zero attached hydrogens (tertiary/aromatic N) is 1. The molecule has 2 saturated carbocycles. The van der Waals surface area contributed by atoms with Gasteiger partial charge < -0.3 is 25.4 Å². The lowest BCUT2D eigenvalue weighted by atomic mass is 9.83. The van der Waals surface area contributed by atoms with E-state index in [0.717, 1.165) is 32.1 Å². The number of Topliss-reactive ketones (excluding diaryl/α,β-unsaturated/α-hetero) is 1. The lowest BCUT2D eigenvalue weighted by molar-refractivity contribution is -0.151. The average molecular weight is 508 g/mol. The fourth-order valence-electron chi connectivity index (χ4n) is 5.61. The van der Waals surface area contributed by atoms with Gasteiger partial charge in [-0.25, -0.2) is 9.59 Å². The summed E-state index contributed by atoms with van der Waals surface area (Å²) < 4.78 is 5.44. The third-order valence-electron chi connectivity index (χ3n) is 7.65. The van der Waals surface area contributed by atoms with Crippen LogP contribution in [0.3, 0.4) is 0 Å². The van der Waals surface area contributed by atoms with E-state index in [-0.39, 0.29) is 36.5 Å². The number of ether oxygens (including phenoxy) is 1. The molecule has 3 aliphatic rings. The number of hydrogen-bond donors (Lipinski definition) is 3. The Morgan fingerprint density at radius 2 is 1.61 bits per heavy atom. The van der Waals surface area contributed by atoms with Crippen molar-refractivity contribution < 1.29 is 33.8 Å². The van der Waals surface area contributed by atoms with Crippen LogP contribution in [0.1, 0.15) is 86.0 Å². The fourth-order valence-corrected chi connectivity index (χ4v) is 5.61. The maximum absolute atomic E-state index is 14.0. The highest BCUT2D eigenvalue weighted by atomic mass is 16.6. The quantitative estimate of drug-likeness (QED) is 0.429. The molecule has 3 atom stereocenters. The van der Waals surface area contributed by atoms with E-state index in [0.29, 0.717) is 13.0 Å². The van der Waals surface area contributed by atoms with E-state index in [4.69, 9.17) is 4.74 Å². The third-order valence-corrected chi connectivity index (χ3v) is 7.65. The molecule has 2 aliphatic carbocycles. The Morgan fingerprint density at radius 3 is 2.11 bits per heavy atom. The first-order valence-electron chi connectivity index (χ1n) is 13.2. The molecule has 10 nitrogen and oxygen atoms in total. The van der Waals surface area contributed by atoms with Crippen LogP contribution in [0.25, 0.3) is 0 Å². The smallest absolute Gasteiger partial charge is 0.408 e. The van der Waals surface area contributed by atoms with Crippen LogP contribution in [0.5, 0.6) is 0 Å². The maximum atomic E-state index is 14.0. The van der Waals surface area contributed by atoms with E-state index >= 15 is 0 Å². The first kappa shape index (κ1) is 27.9. The number of ketones is 1. The Kier molecular flexibility index (Phi) is 8.35. The minimum Gasteiger partial charge on any atom is -0.475 e. The Labute approximate surface area is 212 Å². The van der Waals surface area contributed by atoms with E-state index in [1.807, 2.05) is 13.8 Å². The molecule has 0 radical (unpaired) electrons. The largest absolute Gasteiger partial charge is 0.475 e. The molecule has 0 spiro atoms. The van der Waals surface area contributed by atoms with Gasteiger partial charge >= 0.3 is 12.1 Å². The van der Waals surface area contributed by atoms with Crippen molar-refractivity contribution in [2.75, 3.05) is 6.54 Å². The number of amides is 3. The molecule has 3 rings (SSSR count). The summed E-state index contributed by atoms with van der Waals surface area (Å²) in [7, 11) is 0. The van der Waals surface area contributed by atoms with Gasteiger partial charge in [-0.15, -0.1) is 0 Å². The molecule has 3 amide bonds. The average Bonchev–Trinajstić information content (AvgIpc) is 3.42. The highest BCUT2D eigenvalue weighted by Gasteiger charge is 2.56. The van der Waals surface area contributed by atoms with Crippen LogP contribution < -0.4 is 10.6 Å². The Balaban J connectivity index is 1.85. The molecule has 0 aromatic heterocycles. The van der Waals surface area contributed by atoms with Gasteiger partial charge in [0.25, 0.3) is 5.78 Å². The number of nitrogens with one attached hydrogen (secondary N) is 2. The second kappa shape index (κ2) is 10.8. The van der Waals surface area contributed by atoms with Crippen molar-refractivity contribution in [3.8, 4) is 0 Å². The van der Waals surface area contributed by atoms with E-state index in [2.05, 4.69) is 10.6 Å². The molecule has 0 bridgehead atoms. The summed E-state index contributed by atoms with van der Waals surface area (Å²) in [6, 6.07) is -1.67. The van der Waals surface area contributed by atoms with Crippen LogP contribution in [-0.4, -0.2) is 69.4 Å². The summed E-state index contributed by atoms with van der Waals surface area (Å²) >= 11 is 0. The van der Waals surface area contributed by atoms with Crippen LogP contribution >= 0.6 is 0 Å². The summed E-state index contributed by atoms with van der Waals surface area (Å²) in [5, 5.41) is 14.7. The van der Waals surface area contributed by atoms with Gasteiger partial charge in [0.2, 0.25) is 11.8 Å². The van der Waals surface area contributed by atoms with Gasteiger partial charge in [0.15, 0.2) is 0 Å². The maximum Gasteiger partial charge on any atom is 0.408 e. The van der Waals surface area contributed by atoms with Gasteiger partial charge in [-0.2, -0.15) is 0 Å². The molecule has 10 heteroatoms. The van der Waals surface area contributed by atoms with Crippen molar-refractivity contribution in [1.82, 2.24) is 15.5 Å². The predicted molar refractivity (Wildman–Crippen MR) is 131 cm³/mol. The molecular weight excluding hydrogens is 466 g/mol. The van der Waals surface area contributed by atoms with Gasteiger partial charge in [0.05, 0.1) is 0 Å². The predicted octanol–water partition coefficient (Wildman–Crippen LogP) is 2.64. The zero-order chi connectivity index (χ0) is 26.8. The SMILES string of the molecule is CC(C)[C@H]1CCN(C(=O)[C@@H](NC(=O)OC(C)(C)C)C2CCCCC2)[C@@H]1C(=O)NC1(C(=O)C(=O)O)CC1. The van der Waals surface area contributed by atoms with Gasteiger partial charge in [-0.3, -0.25) is 14.4 Å². The van der Waals surface area contributed by atoms with Crippen LogP contribution in [0.15, 0.2) is 0 Å². The van der Waals surface area contributed by atoms with Crippen molar-refractivity contribution in [2.24, 2.45) is 17.8 Å². The lowest BCUT2D eigenvalue weighted by Crippen LogP contribution is -2.59. The van der Waals surface area contributed by atoms with Gasteiger partial charge in [0.1, 0.15) is 23.2 Å². The minimum absolute atomic E-state index is 0.0658. The van der Waals surface area contributed by atoms with Crippen molar-refractivity contribution in [3.05, 3.63) is 0 Å². The van der Waals surface area contributed by atoms with Crippen LogP contribution in [0.2, 0.25) is 0 Å². The molecule has 3 N–H and O–H groups in total. The molecule has 1 heterocycles. The van der Waals surface area contributed by atoms with Crippen molar-refractivity contribution in [1.29, 1.82) is 0 Å². The molecular formula is C26H41N3O7. The monoisotopic (exact) mass is 507 g/mol. The number of carboxylic acids is 1. The second-order valence-electron chi connectivity index (χ2n) is 11.9. The van der Waals surface area contributed by atoms with Crippen molar-refractivity contribution in [2.45, 2.75) is 109 Å². The normalized spacial score (nSPS) is 24.7. The number of aliphatic carboxylic acids is 1. The molecule has 202 valence electrons. The lowest BCUT2D eigenvalue weighted by Gasteiger charge is -2.36. The minimum atomic E-state index is -1.58. The van der Waals surface area contributed by atoms with E-state index < -0.39 is 47.0 Å². The molecule has 1 saturated heterocycles. The van der Waals surface area contributed by atoms with Crippen LogP contribution in [-0.2, 0) is 23.9 Å². The number of carbonyl (C=O) groups is 5. The fraction of sp³-hybridized carbons (Fsp3) is 0.808. The van der Waals surface area contributed by atoms with E-state index in [9.17, 15) is 29.1 Å². The highest BCUT2D eigenvalue weighted by Crippen LogP contribution is 2.39. The molecule has 3 fully saturated rings.